The van der Waals surface area contributed by atoms with Gasteiger partial charge in [-0.05, 0) is 55.5 Å². The molecule has 0 aliphatic heterocycles. The zero-order valence-electron chi connectivity index (χ0n) is 14.6. The second-order valence-corrected chi connectivity index (χ2v) is 8.14. The van der Waals surface area contributed by atoms with Gasteiger partial charge in [-0.3, -0.25) is 9.59 Å². The molecule has 0 spiro atoms. The van der Waals surface area contributed by atoms with Crippen molar-refractivity contribution in [2.24, 2.45) is 5.92 Å². The number of hydrogen-bond acceptors (Lipinski definition) is 3. The van der Waals surface area contributed by atoms with Crippen molar-refractivity contribution in [3.63, 3.8) is 0 Å². The van der Waals surface area contributed by atoms with Gasteiger partial charge in [0.15, 0.2) is 0 Å². The van der Waals surface area contributed by atoms with E-state index in [2.05, 4.69) is 5.32 Å². The van der Waals surface area contributed by atoms with E-state index in [1.54, 1.807) is 30.3 Å². The molecule has 1 aliphatic carbocycles. The summed E-state index contributed by atoms with van der Waals surface area (Å²) in [6, 6.07) is 7.47. The topological polar surface area (TPSA) is 49.4 Å². The monoisotopic (exact) mass is 376 g/mol. The minimum absolute atomic E-state index is 0.0164. The van der Waals surface area contributed by atoms with E-state index in [0.29, 0.717) is 11.4 Å². The highest BCUT2D eigenvalue weighted by Crippen LogP contribution is 2.33. The number of anilines is 1. The lowest BCUT2D eigenvalue weighted by atomic mass is 9.87. The predicted molar refractivity (Wildman–Crippen MR) is 103 cm³/mol. The largest absolute Gasteiger partial charge is 0.344 e. The maximum Gasteiger partial charge on any atom is 0.263 e. The Bertz CT molecular complexity index is 829. The molecular formula is C19H21ClN2O2S. The van der Waals surface area contributed by atoms with Crippen LogP contribution in [0.25, 0.3) is 0 Å². The van der Waals surface area contributed by atoms with Gasteiger partial charge < -0.3 is 10.2 Å². The molecule has 1 aromatic carbocycles. The summed E-state index contributed by atoms with van der Waals surface area (Å²) in [6.07, 6.45) is 2.32. The number of carbonyl (C=O) groups is 2. The molecule has 0 bridgehead atoms. The number of carbonyl (C=O) groups excluding carboxylic acids is 2. The second-order valence-electron chi connectivity index (χ2n) is 6.60. The van der Waals surface area contributed by atoms with E-state index in [4.69, 9.17) is 11.6 Å². The number of nitrogens with zero attached hydrogens (tertiary/aromatic N) is 1. The molecule has 2 amide bonds. The first-order valence-electron chi connectivity index (χ1n) is 8.26. The van der Waals surface area contributed by atoms with Crippen LogP contribution in [0.5, 0.6) is 0 Å². The number of thiophene rings is 1. The number of amides is 2. The molecular weight excluding hydrogens is 356 g/mol. The fourth-order valence-electron chi connectivity index (χ4n) is 3.05. The molecule has 1 unspecified atom stereocenters. The fraction of sp³-hybridized carbons (Fsp3) is 0.368. The molecule has 3 rings (SSSR count). The molecule has 1 aliphatic rings. The summed E-state index contributed by atoms with van der Waals surface area (Å²) >= 11 is 7.68. The molecule has 2 aromatic rings. The zero-order valence-corrected chi connectivity index (χ0v) is 16.1. The van der Waals surface area contributed by atoms with Crippen LogP contribution in [0.1, 0.15) is 32.1 Å². The number of benzene rings is 1. The summed E-state index contributed by atoms with van der Waals surface area (Å²) in [5.41, 5.74) is 2.77. The fourth-order valence-corrected chi connectivity index (χ4v) is 4.46. The average Bonchev–Trinajstić information content (AvgIpc) is 3.01. The van der Waals surface area contributed by atoms with Crippen LogP contribution in [0.2, 0.25) is 5.02 Å². The molecule has 25 heavy (non-hydrogen) atoms. The smallest absolute Gasteiger partial charge is 0.263 e. The van der Waals surface area contributed by atoms with Crippen molar-refractivity contribution >= 4 is 40.4 Å². The maximum atomic E-state index is 12.7. The van der Waals surface area contributed by atoms with Crippen LogP contribution in [0, 0.1) is 12.8 Å². The third kappa shape index (κ3) is 3.72. The van der Waals surface area contributed by atoms with Gasteiger partial charge in [0.25, 0.3) is 5.91 Å². The van der Waals surface area contributed by atoms with Crippen molar-refractivity contribution in [1.29, 1.82) is 0 Å². The van der Waals surface area contributed by atoms with Gasteiger partial charge in [-0.25, -0.2) is 0 Å². The van der Waals surface area contributed by atoms with Gasteiger partial charge in [0.1, 0.15) is 0 Å². The SMILES string of the molecule is Cc1c(Cl)cccc1NC(=O)C1CCc2sc(C(=O)N(C)C)cc2C1. The first-order valence-corrected chi connectivity index (χ1v) is 9.45. The lowest BCUT2D eigenvalue weighted by Crippen LogP contribution is -2.27. The highest BCUT2D eigenvalue weighted by molar-refractivity contribution is 7.14. The van der Waals surface area contributed by atoms with Crippen molar-refractivity contribution in [2.75, 3.05) is 19.4 Å². The first kappa shape index (κ1) is 18.0. The van der Waals surface area contributed by atoms with Crippen LogP contribution in [0.3, 0.4) is 0 Å². The Kier molecular flexibility index (Phi) is 5.16. The molecule has 6 heteroatoms. The summed E-state index contributed by atoms with van der Waals surface area (Å²) in [4.78, 5) is 28.4. The Hall–Kier alpha value is -1.85. The number of nitrogens with one attached hydrogen (secondary N) is 1. The van der Waals surface area contributed by atoms with Crippen LogP contribution >= 0.6 is 22.9 Å². The molecule has 1 atom stereocenters. The Morgan fingerprint density at radius 2 is 2.08 bits per heavy atom. The third-order valence-electron chi connectivity index (χ3n) is 4.60. The van der Waals surface area contributed by atoms with E-state index in [-0.39, 0.29) is 17.7 Å². The third-order valence-corrected chi connectivity index (χ3v) is 6.23. The van der Waals surface area contributed by atoms with Crippen molar-refractivity contribution in [3.05, 3.63) is 50.2 Å². The highest BCUT2D eigenvalue weighted by Gasteiger charge is 2.28. The minimum atomic E-state index is -0.0808. The van der Waals surface area contributed by atoms with Crippen LogP contribution in [0.4, 0.5) is 5.69 Å². The number of rotatable bonds is 3. The lowest BCUT2D eigenvalue weighted by Gasteiger charge is -2.22. The molecule has 0 saturated carbocycles. The minimum Gasteiger partial charge on any atom is -0.344 e. The molecule has 1 heterocycles. The van der Waals surface area contributed by atoms with Gasteiger partial charge in [0, 0.05) is 35.6 Å². The summed E-state index contributed by atoms with van der Waals surface area (Å²) in [5.74, 6) is -0.0413. The highest BCUT2D eigenvalue weighted by atomic mass is 35.5. The molecule has 1 N–H and O–H groups in total. The summed E-state index contributed by atoms with van der Waals surface area (Å²) in [6.45, 7) is 1.90. The summed E-state index contributed by atoms with van der Waals surface area (Å²) < 4.78 is 0. The normalized spacial score (nSPS) is 16.2. The maximum absolute atomic E-state index is 12.7. The van der Waals surface area contributed by atoms with E-state index in [1.807, 2.05) is 31.2 Å². The number of halogens is 1. The average molecular weight is 377 g/mol. The lowest BCUT2D eigenvalue weighted by molar-refractivity contribution is -0.120. The molecule has 4 nitrogen and oxygen atoms in total. The van der Waals surface area contributed by atoms with Crippen molar-refractivity contribution in [1.82, 2.24) is 4.90 Å². The summed E-state index contributed by atoms with van der Waals surface area (Å²) in [7, 11) is 3.51. The number of aryl methyl sites for hydroxylation is 1. The van der Waals surface area contributed by atoms with E-state index in [0.717, 1.165) is 34.5 Å². The van der Waals surface area contributed by atoms with Gasteiger partial charge in [0.2, 0.25) is 5.91 Å². The quantitative estimate of drug-likeness (QED) is 0.874. The van der Waals surface area contributed by atoms with Crippen LogP contribution in [-0.4, -0.2) is 30.8 Å². The molecule has 1 aromatic heterocycles. The van der Waals surface area contributed by atoms with Crippen molar-refractivity contribution in [2.45, 2.75) is 26.2 Å². The van der Waals surface area contributed by atoms with Gasteiger partial charge in [0.05, 0.1) is 4.88 Å². The van der Waals surface area contributed by atoms with Crippen molar-refractivity contribution in [3.8, 4) is 0 Å². The molecule has 0 radical (unpaired) electrons. The Morgan fingerprint density at radius 3 is 2.80 bits per heavy atom. The van der Waals surface area contributed by atoms with Gasteiger partial charge in [-0.15, -0.1) is 11.3 Å². The van der Waals surface area contributed by atoms with Crippen LogP contribution in [0.15, 0.2) is 24.3 Å². The van der Waals surface area contributed by atoms with Gasteiger partial charge in [-0.2, -0.15) is 0 Å². The predicted octanol–water partition coefficient (Wildman–Crippen LogP) is 4.16. The number of hydrogen-bond donors (Lipinski definition) is 1. The van der Waals surface area contributed by atoms with Gasteiger partial charge >= 0.3 is 0 Å². The van der Waals surface area contributed by atoms with Gasteiger partial charge in [-0.1, -0.05) is 17.7 Å². The van der Waals surface area contributed by atoms with Crippen LogP contribution < -0.4 is 5.32 Å². The molecule has 0 fully saturated rings. The van der Waals surface area contributed by atoms with E-state index in [9.17, 15) is 9.59 Å². The Labute approximate surface area is 156 Å². The number of fused-ring (bicyclic) bond motifs is 1. The molecule has 132 valence electrons. The van der Waals surface area contributed by atoms with E-state index in [1.165, 1.54) is 4.88 Å². The van der Waals surface area contributed by atoms with E-state index < -0.39 is 0 Å². The van der Waals surface area contributed by atoms with Crippen molar-refractivity contribution < 1.29 is 9.59 Å². The summed E-state index contributed by atoms with van der Waals surface area (Å²) in [5, 5.41) is 3.65. The van der Waals surface area contributed by atoms with Crippen LogP contribution in [-0.2, 0) is 17.6 Å². The zero-order chi connectivity index (χ0) is 18.1. The Balaban J connectivity index is 1.73. The standard InChI is InChI=1S/C19H21ClN2O2S/c1-11-14(20)5-4-6-15(11)21-18(23)12-7-8-16-13(9-12)10-17(25-16)19(24)22(2)3/h4-6,10,12H,7-9H2,1-3H3,(H,21,23). The molecule has 0 saturated heterocycles. The Morgan fingerprint density at radius 1 is 1.32 bits per heavy atom. The van der Waals surface area contributed by atoms with E-state index >= 15 is 0 Å². The first-order chi connectivity index (χ1) is 11.9. The second kappa shape index (κ2) is 7.18.